The molecule has 1 unspecified atom stereocenters. The first-order valence-electron chi connectivity index (χ1n) is 7.08. The molecule has 0 amide bonds. The quantitative estimate of drug-likeness (QED) is 0.786. The van der Waals surface area contributed by atoms with Crippen LogP contribution in [0, 0.1) is 0 Å². The third kappa shape index (κ3) is 3.05. The van der Waals surface area contributed by atoms with Crippen LogP contribution in [0.15, 0.2) is 54.2 Å². The summed E-state index contributed by atoms with van der Waals surface area (Å²) in [4.78, 5) is 11.8. The van der Waals surface area contributed by atoms with Gasteiger partial charge in [-0.15, -0.1) is 0 Å². The molecule has 7 heteroatoms. The normalized spacial score (nSPS) is 17.2. The van der Waals surface area contributed by atoms with E-state index in [0.29, 0.717) is 32.0 Å². The van der Waals surface area contributed by atoms with Gasteiger partial charge in [-0.1, -0.05) is 34.8 Å². The van der Waals surface area contributed by atoms with Crippen molar-refractivity contribution < 1.29 is 9.90 Å². The number of rotatable bonds is 3. The number of aliphatic carboxylic acids is 1. The summed E-state index contributed by atoms with van der Waals surface area (Å²) in [5.74, 6) is -0.953. The molecule has 0 bridgehead atoms. The minimum absolute atomic E-state index is 0.427. The van der Waals surface area contributed by atoms with E-state index in [1.54, 1.807) is 65.6 Å². The Morgan fingerprint density at radius 1 is 1.04 bits per heavy atom. The standard InChI is InChI=1S/C17H13Cl3N2O2/c1-10-9-21(15-7-4-12(19)8-14(15)20)22(16(10)17(23)24)13-5-2-11(18)3-6-13/h2-9,16H,1H3,(H,23,24). The summed E-state index contributed by atoms with van der Waals surface area (Å²) in [5.41, 5.74) is 2.01. The molecule has 1 aliphatic heterocycles. The van der Waals surface area contributed by atoms with Gasteiger partial charge in [0, 0.05) is 16.2 Å². The van der Waals surface area contributed by atoms with Crippen molar-refractivity contribution in [1.82, 2.24) is 0 Å². The van der Waals surface area contributed by atoms with E-state index >= 15 is 0 Å². The summed E-state index contributed by atoms with van der Waals surface area (Å²) >= 11 is 18.2. The molecule has 0 saturated carbocycles. The highest BCUT2D eigenvalue weighted by Gasteiger charge is 2.37. The Kier molecular flexibility index (Phi) is 4.63. The van der Waals surface area contributed by atoms with Crippen molar-refractivity contribution in [2.24, 2.45) is 0 Å². The van der Waals surface area contributed by atoms with Crippen molar-refractivity contribution in [3.63, 3.8) is 0 Å². The second kappa shape index (κ2) is 6.55. The number of anilines is 2. The summed E-state index contributed by atoms with van der Waals surface area (Å²) in [6.07, 6.45) is 1.75. The molecular formula is C17H13Cl3N2O2. The van der Waals surface area contributed by atoms with Gasteiger partial charge in [-0.25, -0.2) is 4.79 Å². The van der Waals surface area contributed by atoms with Gasteiger partial charge in [0.1, 0.15) is 0 Å². The van der Waals surface area contributed by atoms with Gasteiger partial charge in [0.2, 0.25) is 0 Å². The molecule has 1 heterocycles. The monoisotopic (exact) mass is 382 g/mol. The lowest BCUT2D eigenvalue weighted by molar-refractivity contribution is -0.137. The number of halogens is 3. The van der Waals surface area contributed by atoms with Gasteiger partial charge in [-0.3, -0.25) is 10.0 Å². The smallest absolute Gasteiger partial charge is 0.332 e. The van der Waals surface area contributed by atoms with E-state index in [1.165, 1.54) is 0 Å². The van der Waals surface area contributed by atoms with Crippen molar-refractivity contribution in [1.29, 1.82) is 0 Å². The Labute approximate surface area is 154 Å². The second-order valence-corrected chi connectivity index (χ2v) is 6.66. The van der Waals surface area contributed by atoms with E-state index in [-0.39, 0.29) is 0 Å². The summed E-state index contributed by atoms with van der Waals surface area (Å²) < 4.78 is 0. The van der Waals surface area contributed by atoms with Crippen LogP contribution in [0.3, 0.4) is 0 Å². The van der Waals surface area contributed by atoms with Gasteiger partial charge in [-0.05, 0) is 55.0 Å². The van der Waals surface area contributed by atoms with Crippen LogP contribution in [0.1, 0.15) is 6.92 Å². The molecule has 0 aromatic heterocycles. The number of hydrazine groups is 1. The molecule has 0 aliphatic carbocycles. The first-order valence-corrected chi connectivity index (χ1v) is 8.22. The van der Waals surface area contributed by atoms with Gasteiger partial charge in [0.05, 0.1) is 16.4 Å². The van der Waals surface area contributed by atoms with Crippen LogP contribution in [0.2, 0.25) is 15.1 Å². The molecule has 0 fully saturated rings. The minimum atomic E-state index is -0.953. The predicted molar refractivity (Wildman–Crippen MR) is 98.1 cm³/mol. The molecule has 4 nitrogen and oxygen atoms in total. The van der Waals surface area contributed by atoms with Crippen molar-refractivity contribution in [2.75, 3.05) is 10.0 Å². The highest BCUT2D eigenvalue weighted by atomic mass is 35.5. The third-order valence-electron chi connectivity index (χ3n) is 3.72. The summed E-state index contributed by atoms with van der Waals surface area (Å²) in [6, 6.07) is 11.2. The highest BCUT2D eigenvalue weighted by molar-refractivity contribution is 6.36. The average molecular weight is 384 g/mol. The van der Waals surface area contributed by atoms with Crippen LogP contribution in [0.4, 0.5) is 11.4 Å². The summed E-state index contributed by atoms with van der Waals surface area (Å²) in [5, 5.41) is 14.5. The lowest BCUT2D eigenvalue weighted by Gasteiger charge is -2.34. The maximum Gasteiger partial charge on any atom is 0.332 e. The maximum atomic E-state index is 11.8. The number of carboxylic acids is 1. The molecule has 1 atom stereocenters. The number of carbonyl (C=O) groups is 1. The van der Waals surface area contributed by atoms with Crippen LogP contribution in [0.5, 0.6) is 0 Å². The molecule has 3 rings (SSSR count). The SMILES string of the molecule is CC1=CN(c2ccc(Cl)cc2Cl)N(c2ccc(Cl)cc2)C1C(=O)O. The van der Waals surface area contributed by atoms with Gasteiger partial charge in [0.25, 0.3) is 0 Å². The maximum absolute atomic E-state index is 11.8. The number of hydrogen-bond acceptors (Lipinski definition) is 3. The van der Waals surface area contributed by atoms with Crippen molar-refractivity contribution in [2.45, 2.75) is 13.0 Å². The Morgan fingerprint density at radius 2 is 1.67 bits per heavy atom. The fraction of sp³-hybridized carbons (Fsp3) is 0.118. The zero-order chi connectivity index (χ0) is 17.4. The summed E-state index contributed by atoms with van der Waals surface area (Å²) in [6.45, 7) is 1.77. The first kappa shape index (κ1) is 17.0. The number of hydrogen-bond donors (Lipinski definition) is 1. The van der Waals surface area contributed by atoms with Gasteiger partial charge >= 0.3 is 5.97 Å². The predicted octanol–water partition coefficient (Wildman–Crippen LogP) is 5.25. The Balaban J connectivity index is 2.12. The second-order valence-electron chi connectivity index (χ2n) is 5.38. The zero-order valence-corrected chi connectivity index (χ0v) is 14.8. The van der Waals surface area contributed by atoms with E-state index in [1.807, 2.05) is 0 Å². The highest BCUT2D eigenvalue weighted by Crippen LogP contribution is 2.38. The molecule has 0 radical (unpaired) electrons. The molecule has 124 valence electrons. The topological polar surface area (TPSA) is 43.8 Å². The van der Waals surface area contributed by atoms with E-state index in [2.05, 4.69) is 0 Å². The molecule has 24 heavy (non-hydrogen) atoms. The fourth-order valence-corrected chi connectivity index (χ4v) is 3.28. The van der Waals surface area contributed by atoms with Crippen LogP contribution in [-0.4, -0.2) is 17.1 Å². The lowest BCUT2D eigenvalue weighted by Crippen LogP contribution is -2.46. The Morgan fingerprint density at radius 3 is 2.25 bits per heavy atom. The van der Waals surface area contributed by atoms with Crippen LogP contribution in [-0.2, 0) is 4.79 Å². The van der Waals surface area contributed by atoms with Crippen molar-refractivity contribution >= 4 is 52.1 Å². The molecule has 2 aromatic rings. The zero-order valence-electron chi connectivity index (χ0n) is 12.6. The molecule has 1 N–H and O–H groups in total. The fourth-order valence-electron chi connectivity index (χ4n) is 2.66. The van der Waals surface area contributed by atoms with E-state index in [9.17, 15) is 9.90 Å². The molecule has 1 aliphatic rings. The number of carboxylic acid groups (broad SMARTS) is 1. The van der Waals surface area contributed by atoms with Gasteiger partial charge in [0.15, 0.2) is 6.04 Å². The minimum Gasteiger partial charge on any atom is -0.479 e. The molecular weight excluding hydrogens is 371 g/mol. The van der Waals surface area contributed by atoms with Crippen LogP contribution < -0.4 is 10.0 Å². The summed E-state index contributed by atoms with van der Waals surface area (Å²) in [7, 11) is 0. The average Bonchev–Trinajstić information content (AvgIpc) is 2.85. The molecule has 2 aromatic carbocycles. The lowest BCUT2D eigenvalue weighted by atomic mass is 10.1. The van der Waals surface area contributed by atoms with Gasteiger partial charge < -0.3 is 5.11 Å². The number of nitrogens with zero attached hydrogens (tertiary/aromatic N) is 2. The number of benzene rings is 2. The third-order valence-corrected chi connectivity index (χ3v) is 4.51. The van der Waals surface area contributed by atoms with E-state index in [0.717, 1.165) is 0 Å². The first-order chi connectivity index (χ1) is 11.4. The Bertz CT molecular complexity index is 821. The largest absolute Gasteiger partial charge is 0.479 e. The molecule has 0 spiro atoms. The Hall–Kier alpha value is -1.88. The van der Waals surface area contributed by atoms with Crippen LogP contribution in [0.25, 0.3) is 0 Å². The van der Waals surface area contributed by atoms with Gasteiger partial charge in [-0.2, -0.15) is 0 Å². The van der Waals surface area contributed by atoms with Crippen LogP contribution >= 0.6 is 34.8 Å². The van der Waals surface area contributed by atoms with E-state index in [4.69, 9.17) is 34.8 Å². The molecule has 0 saturated heterocycles. The van der Waals surface area contributed by atoms with Crippen molar-refractivity contribution in [3.05, 3.63) is 69.3 Å². The van der Waals surface area contributed by atoms with Crippen molar-refractivity contribution in [3.8, 4) is 0 Å². The van der Waals surface area contributed by atoms with E-state index < -0.39 is 12.0 Å².